The number of hydrogen-bond donors (Lipinski definition) is 1. The number of nitrogens with one attached hydrogen (secondary N) is 1. The number of carbonyl (C=O) groups excluding carboxylic acids is 1. The van der Waals surface area contributed by atoms with Gasteiger partial charge in [0.05, 0.1) is 11.7 Å². The fourth-order valence-corrected chi connectivity index (χ4v) is 2.55. The first kappa shape index (κ1) is 16.8. The van der Waals surface area contributed by atoms with Crippen molar-refractivity contribution < 1.29 is 4.79 Å². The van der Waals surface area contributed by atoms with Gasteiger partial charge < -0.3 is 5.32 Å². The van der Waals surface area contributed by atoms with Crippen molar-refractivity contribution in [3.05, 3.63) is 45.7 Å². The molecule has 1 amide bonds. The average Bonchev–Trinajstić information content (AvgIpc) is 2.87. The largest absolute Gasteiger partial charge is 0.341 e. The SMILES string of the molecule is CCCn1cc(C(C)(C)NC(=O)c2cc(Cl)cc(Cl)c2)nn1. The van der Waals surface area contributed by atoms with Crippen molar-refractivity contribution >= 4 is 29.1 Å². The summed E-state index contributed by atoms with van der Waals surface area (Å²) in [6.07, 6.45) is 2.81. The van der Waals surface area contributed by atoms with E-state index in [0.717, 1.165) is 13.0 Å². The van der Waals surface area contributed by atoms with Crippen LogP contribution in [-0.4, -0.2) is 20.9 Å². The Bertz CT molecular complexity index is 662. The van der Waals surface area contributed by atoms with Gasteiger partial charge in [0.15, 0.2) is 0 Å². The first-order valence-corrected chi connectivity index (χ1v) is 7.76. The fraction of sp³-hybridized carbons (Fsp3) is 0.400. The van der Waals surface area contributed by atoms with Gasteiger partial charge in [-0.2, -0.15) is 0 Å². The fourth-order valence-electron chi connectivity index (χ4n) is 2.03. The highest BCUT2D eigenvalue weighted by Gasteiger charge is 2.27. The minimum atomic E-state index is -0.655. The lowest BCUT2D eigenvalue weighted by Gasteiger charge is -2.23. The van der Waals surface area contributed by atoms with Crippen molar-refractivity contribution in [2.75, 3.05) is 0 Å². The molecule has 0 saturated carbocycles. The van der Waals surface area contributed by atoms with Gasteiger partial charge in [-0.1, -0.05) is 35.3 Å². The molecule has 118 valence electrons. The molecule has 0 unspecified atom stereocenters. The molecule has 22 heavy (non-hydrogen) atoms. The Morgan fingerprint density at radius 2 is 1.91 bits per heavy atom. The van der Waals surface area contributed by atoms with Crippen LogP contribution in [0.4, 0.5) is 0 Å². The molecule has 0 saturated heterocycles. The van der Waals surface area contributed by atoms with Crippen LogP contribution < -0.4 is 5.32 Å². The first-order valence-electron chi connectivity index (χ1n) is 7.01. The number of benzene rings is 1. The molecular formula is C15H18Cl2N4O. The van der Waals surface area contributed by atoms with Crippen LogP contribution in [-0.2, 0) is 12.1 Å². The number of aromatic nitrogens is 3. The van der Waals surface area contributed by atoms with Gasteiger partial charge in [0.2, 0.25) is 0 Å². The number of amides is 1. The molecule has 1 aromatic heterocycles. The normalized spacial score (nSPS) is 11.5. The molecule has 2 rings (SSSR count). The molecule has 7 heteroatoms. The standard InChI is InChI=1S/C15H18Cl2N4O/c1-4-5-21-9-13(19-20-21)15(2,3)18-14(22)10-6-11(16)8-12(17)7-10/h6-9H,4-5H2,1-3H3,(H,18,22). The summed E-state index contributed by atoms with van der Waals surface area (Å²) in [5.74, 6) is -0.264. The van der Waals surface area contributed by atoms with Crippen LogP contribution >= 0.6 is 23.2 Å². The van der Waals surface area contributed by atoms with Crippen molar-refractivity contribution in [1.29, 1.82) is 0 Å². The molecule has 0 atom stereocenters. The molecule has 1 aromatic carbocycles. The lowest BCUT2D eigenvalue weighted by molar-refractivity contribution is 0.0910. The summed E-state index contributed by atoms with van der Waals surface area (Å²) >= 11 is 11.9. The van der Waals surface area contributed by atoms with Gasteiger partial charge in [-0.05, 0) is 38.5 Å². The highest BCUT2D eigenvalue weighted by atomic mass is 35.5. The number of halogens is 2. The van der Waals surface area contributed by atoms with Crippen molar-refractivity contribution in [3.8, 4) is 0 Å². The Hall–Kier alpha value is -1.59. The summed E-state index contributed by atoms with van der Waals surface area (Å²) in [5, 5.41) is 12.0. The number of carbonyl (C=O) groups is 1. The average molecular weight is 341 g/mol. The summed E-state index contributed by atoms with van der Waals surface area (Å²) in [6.45, 7) is 6.60. The lowest BCUT2D eigenvalue weighted by Crippen LogP contribution is -2.41. The zero-order valence-electron chi connectivity index (χ0n) is 12.7. The summed E-state index contributed by atoms with van der Waals surface area (Å²) in [6, 6.07) is 4.74. The molecule has 0 spiro atoms. The van der Waals surface area contributed by atoms with E-state index >= 15 is 0 Å². The summed E-state index contributed by atoms with van der Waals surface area (Å²) in [4.78, 5) is 12.4. The van der Waals surface area contributed by atoms with Gasteiger partial charge in [0.25, 0.3) is 5.91 Å². The van der Waals surface area contributed by atoms with Gasteiger partial charge in [-0.25, -0.2) is 0 Å². The maximum absolute atomic E-state index is 12.4. The quantitative estimate of drug-likeness (QED) is 0.903. The van der Waals surface area contributed by atoms with Crippen molar-refractivity contribution in [2.24, 2.45) is 0 Å². The second-order valence-corrected chi connectivity index (χ2v) is 6.48. The Kier molecular flexibility index (Phi) is 5.08. The van der Waals surface area contributed by atoms with Gasteiger partial charge in [0.1, 0.15) is 5.69 Å². The highest BCUT2D eigenvalue weighted by Crippen LogP contribution is 2.22. The second-order valence-electron chi connectivity index (χ2n) is 5.60. The van der Waals surface area contributed by atoms with Gasteiger partial charge in [0, 0.05) is 22.2 Å². The first-order chi connectivity index (χ1) is 10.3. The molecule has 0 aliphatic rings. The number of aryl methyl sites for hydroxylation is 1. The monoisotopic (exact) mass is 340 g/mol. The molecule has 5 nitrogen and oxygen atoms in total. The smallest absolute Gasteiger partial charge is 0.252 e. The molecule has 0 aliphatic carbocycles. The Labute approximate surface area is 139 Å². The van der Waals surface area contributed by atoms with Gasteiger partial charge >= 0.3 is 0 Å². The third-order valence-corrected chi connectivity index (χ3v) is 3.62. The van der Waals surface area contributed by atoms with Crippen molar-refractivity contribution in [2.45, 2.75) is 39.3 Å². The summed E-state index contributed by atoms with van der Waals surface area (Å²) < 4.78 is 1.76. The van der Waals surface area contributed by atoms with Crippen LogP contribution in [0.1, 0.15) is 43.2 Å². The second kappa shape index (κ2) is 6.67. The molecule has 0 fully saturated rings. The predicted molar refractivity (Wildman–Crippen MR) is 87.3 cm³/mol. The molecule has 1 heterocycles. The number of nitrogens with zero attached hydrogens (tertiary/aromatic N) is 3. The Morgan fingerprint density at radius 1 is 1.27 bits per heavy atom. The molecule has 2 aromatic rings. The molecule has 1 N–H and O–H groups in total. The summed E-state index contributed by atoms with van der Waals surface area (Å²) in [7, 11) is 0. The topological polar surface area (TPSA) is 59.8 Å². The third kappa shape index (κ3) is 3.99. The van der Waals surface area contributed by atoms with Gasteiger partial charge in [-0.3, -0.25) is 9.48 Å². The van der Waals surface area contributed by atoms with E-state index in [0.29, 0.717) is 21.3 Å². The van der Waals surface area contributed by atoms with Gasteiger partial charge in [-0.15, -0.1) is 5.10 Å². The van der Waals surface area contributed by atoms with E-state index in [1.165, 1.54) is 0 Å². The maximum atomic E-state index is 12.4. The van der Waals surface area contributed by atoms with E-state index in [9.17, 15) is 4.79 Å². The number of rotatable bonds is 5. The third-order valence-electron chi connectivity index (χ3n) is 3.18. The molecule has 0 aliphatic heterocycles. The minimum absolute atomic E-state index is 0.264. The Balaban J connectivity index is 2.17. The van der Waals surface area contributed by atoms with Crippen LogP contribution in [0.5, 0.6) is 0 Å². The van der Waals surface area contributed by atoms with E-state index in [2.05, 4.69) is 22.6 Å². The van der Waals surface area contributed by atoms with E-state index in [1.54, 1.807) is 22.9 Å². The molecular weight excluding hydrogens is 323 g/mol. The maximum Gasteiger partial charge on any atom is 0.252 e. The van der Waals surface area contributed by atoms with E-state index in [-0.39, 0.29) is 5.91 Å². The van der Waals surface area contributed by atoms with Crippen LogP contribution in [0, 0.1) is 0 Å². The van der Waals surface area contributed by atoms with Crippen molar-refractivity contribution in [3.63, 3.8) is 0 Å². The van der Waals surface area contributed by atoms with E-state index < -0.39 is 5.54 Å². The van der Waals surface area contributed by atoms with Crippen LogP contribution in [0.25, 0.3) is 0 Å². The zero-order chi connectivity index (χ0) is 16.3. The zero-order valence-corrected chi connectivity index (χ0v) is 14.2. The molecule has 0 bridgehead atoms. The van der Waals surface area contributed by atoms with Crippen LogP contribution in [0.2, 0.25) is 10.0 Å². The lowest BCUT2D eigenvalue weighted by atomic mass is 10.0. The van der Waals surface area contributed by atoms with Crippen LogP contribution in [0.3, 0.4) is 0 Å². The van der Waals surface area contributed by atoms with Crippen LogP contribution in [0.15, 0.2) is 24.4 Å². The van der Waals surface area contributed by atoms with E-state index in [4.69, 9.17) is 23.2 Å². The highest BCUT2D eigenvalue weighted by molar-refractivity contribution is 6.35. The predicted octanol–water partition coefficient (Wildman–Crippen LogP) is 3.66. The molecule has 0 radical (unpaired) electrons. The van der Waals surface area contributed by atoms with Crippen molar-refractivity contribution in [1.82, 2.24) is 20.3 Å². The summed E-state index contributed by atoms with van der Waals surface area (Å²) in [5.41, 5.74) is 0.451. The van der Waals surface area contributed by atoms with E-state index in [1.807, 2.05) is 20.0 Å². The minimum Gasteiger partial charge on any atom is -0.341 e. The number of hydrogen-bond acceptors (Lipinski definition) is 3. The Morgan fingerprint density at radius 3 is 2.50 bits per heavy atom.